The number of benzene rings is 1. The lowest BCUT2D eigenvalue weighted by Gasteiger charge is -2.24. The number of amides is 1. The summed E-state index contributed by atoms with van der Waals surface area (Å²) in [5, 5.41) is 3.62. The van der Waals surface area contributed by atoms with E-state index >= 15 is 0 Å². The quantitative estimate of drug-likeness (QED) is 0.928. The molecule has 4 nitrogen and oxygen atoms in total. The lowest BCUT2D eigenvalue weighted by atomic mass is 10.0. The van der Waals surface area contributed by atoms with Crippen molar-refractivity contribution in [2.75, 3.05) is 13.1 Å². The van der Waals surface area contributed by atoms with Crippen LogP contribution in [0.4, 0.5) is 0 Å². The predicted octanol–water partition coefficient (Wildman–Crippen LogP) is 2.72. The van der Waals surface area contributed by atoms with Gasteiger partial charge in [-0.05, 0) is 30.9 Å². The number of nitrogens with one attached hydrogen (secondary N) is 1. The van der Waals surface area contributed by atoms with Crippen molar-refractivity contribution in [2.24, 2.45) is 0 Å². The molecule has 2 bridgehead atoms. The number of hydrogen-bond acceptors (Lipinski definition) is 3. The lowest BCUT2D eigenvalue weighted by molar-refractivity contribution is 0.0748. The average Bonchev–Trinajstić information content (AvgIpc) is 2.94. The summed E-state index contributed by atoms with van der Waals surface area (Å²) in [6.45, 7) is 1.65. The van der Waals surface area contributed by atoms with E-state index in [0.29, 0.717) is 17.6 Å². The molecule has 2 saturated heterocycles. The van der Waals surface area contributed by atoms with Gasteiger partial charge in [-0.15, -0.1) is 0 Å². The van der Waals surface area contributed by atoms with Crippen molar-refractivity contribution >= 4 is 5.91 Å². The third kappa shape index (κ3) is 2.99. The Morgan fingerprint density at radius 3 is 2.74 bits per heavy atom. The molecule has 0 spiro atoms. The molecule has 2 aliphatic heterocycles. The number of rotatable bonds is 2. The molecule has 2 aromatic rings. The molecule has 23 heavy (non-hydrogen) atoms. The molecule has 1 amide bonds. The van der Waals surface area contributed by atoms with Crippen LogP contribution in [0.15, 0.2) is 48.8 Å². The highest BCUT2D eigenvalue weighted by molar-refractivity contribution is 5.95. The number of hydrogen-bond donors (Lipinski definition) is 1. The Kier molecular flexibility index (Phi) is 3.83. The monoisotopic (exact) mass is 307 g/mol. The maximum absolute atomic E-state index is 12.9. The summed E-state index contributed by atoms with van der Waals surface area (Å²) in [5.74, 6) is 0.102. The van der Waals surface area contributed by atoms with Gasteiger partial charge in [0.25, 0.3) is 5.91 Å². The minimum atomic E-state index is 0.102. The van der Waals surface area contributed by atoms with Crippen LogP contribution in [0, 0.1) is 0 Å². The highest BCUT2D eigenvalue weighted by Crippen LogP contribution is 2.23. The number of likely N-dealkylation sites (tertiary alicyclic amines) is 1. The standard InChI is InChI=1S/C19H21N3O/c23-19(22-9-8-17-6-7-18(13-22)21-17)16-10-15(11-20-12-16)14-4-2-1-3-5-14/h1-5,10-12,17-18,21H,6-9,13H2. The van der Waals surface area contributed by atoms with Crippen LogP contribution in [-0.2, 0) is 0 Å². The van der Waals surface area contributed by atoms with Crippen LogP contribution in [-0.4, -0.2) is 41.0 Å². The normalized spacial score (nSPS) is 23.6. The first-order valence-corrected chi connectivity index (χ1v) is 8.35. The first kappa shape index (κ1) is 14.4. The Hall–Kier alpha value is -2.20. The second kappa shape index (κ2) is 6.13. The van der Waals surface area contributed by atoms with E-state index in [2.05, 4.69) is 10.3 Å². The topological polar surface area (TPSA) is 45.2 Å². The summed E-state index contributed by atoms with van der Waals surface area (Å²) in [6, 6.07) is 13.1. The maximum Gasteiger partial charge on any atom is 0.255 e. The Labute approximate surface area is 136 Å². The molecule has 2 unspecified atom stereocenters. The van der Waals surface area contributed by atoms with Crippen molar-refractivity contribution in [3.63, 3.8) is 0 Å². The van der Waals surface area contributed by atoms with Crippen LogP contribution in [0.1, 0.15) is 29.6 Å². The number of carbonyl (C=O) groups excluding carboxylic acids is 1. The zero-order valence-electron chi connectivity index (χ0n) is 13.1. The highest BCUT2D eigenvalue weighted by Gasteiger charge is 2.31. The highest BCUT2D eigenvalue weighted by atomic mass is 16.2. The van der Waals surface area contributed by atoms with Crippen molar-refractivity contribution < 1.29 is 4.79 Å². The summed E-state index contributed by atoms with van der Waals surface area (Å²) in [5.41, 5.74) is 2.77. The van der Waals surface area contributed by atoms with Crippen LogP contribution >= 0.6 is 0 Å². The van der Waals surface area contributed by atoms with Gasteiger partial charge in [-0.2, -0.15) is 0 Å². The van der Waals surface area contributed by atoms with Gasteiger partial charge in [0, 0.05) is 43.1 Å². The molecular weight excluding hydrogens is 286 g/mol. The Morgan fingerprint density at radius 2 is 1.87 bits per heavy atom. The fourth-order valence-corrected chi connectivity index (χ4v) is 3.66. The second-order valence-corrected chi connectivity index (χ2v) is 6.51. The van der Waals surface area contributed by atoms with Gasteiger partial charge in [-0.1, -0.05) is 30.3 Å². The number of fused-ring (bicyclic) bond motifs is 2. The number of aromatic nitrogens is 1. The molecule has 1 N–H and O–H groups in total. The van der Waals surface area contributed by atoms with Crippen molar-refractivity contribution in [1.82, 2.24) is 15.2 Å². The molecule has 2 atom stereocenters. The van der Waals surface area contributed by atoms with E-state index in [1.54, 1.807) is 6.20 Å². The molecule has 4 rings (SSSR count). The number of nitrogens with zero attached hydrogens (tertiary/aromatic N) is 2. The van der Waals surface area contributed by atoms with Gasteiger partial charge in [0.1, 0.15) is 0 Å². The van der Waals surface area contributed by atoms with Gasteiger partial charge in [0.05, 0.1) is 5.56 Å². The number of carbonyl (C=O) groups is 1. The molecule has 2 fully saturated rings. The third-order valence-corrected chi connectivity index (χ3v) is 4.90. The van der Waals surface area contributed by atoms with E-state index < -0.39 is 0 Å². The van der Waals surface area contributed by atoms with E-state index in [4.69, 9.17) is 0 Å². The Balaban J connectivity index is 1.57. The van der Waals surface area contributed by atoms with Crippen LogP contribution in [0.25, 0.3) is 11.1 Å². The summed E-state index contributed by atoms with van der Waals surface area (Å²) in [4.78, 5) is 19.1. The zero-order valence-corrected chi connectivity index (χ0v) is 13.1. The molecule has 1 aromatic heterocycles. The third-order valence-electron chi connectivity index (χ3n) is 4.90. The van der Waals surface area contributed by atoms with E-state index in [9.17, 15) is 4.79 Å². The average molecular weight is 307 g/mol. The SMILES string of the molecule is O=C(c1cncc(-c2ccccc2)c1)N1CCC2CCC(C1)N2. The first-order valence-electron chi connectivity index (χ1n) is 8.35. The summed E-state index contributed by atoms with van der Waals surface area (Å²) < 4.78 is 0. The first-order chi connectivity index (χ1) is 11.3. The van der Waals surface area contributed by atoms with E-state index in [1.807, 2.05) is 47.5 Å². The molecule has 0 aliphatic carbocycles. The Bertz CT molecular complexity index is 701. The maximum atomic E-state index is 12.9. The number of pyridine rings is 1. The van der Waals surface area contributed by atoms with E-state index in [1.165, 1.54) is 12.8 Å². The van der Waals surface area contributed by atoms with Crippen molar-refractivity contribution in [2.45, 2.75) is 31.3 Å². The van der Waals surface area contributed by atoms with E-state index in [0.717, 1.165) is 30.6 Å². The molecule has 118 valence electrons. The largest absolute Gasteiger partial charge is 0.337 e. The van der Waals surface area contributed by atoms with Crippen molar-refractivity contribution in [1.29, 1.82) is 0 Å². The molecule has 1 aromatic carbocycles. The van der Waals surface area contributed by atoms with Crippen LogP contribution < -0.4 is 5.32 Å². The van der Waals surface area contributed by atoms with Gasteiger partial charge < -0.3 is 10.2 Å². The van der Waals surface area contributed by atoms with Gasteiger partial charge in [-0.25, -0.2) is 0 Å². The molecule has 3 heterocycles. The molecule has 0 radical (unpaired) electrons. The van der Waals surface area contributed by atoms with Crippen LogP contribution in [0.5, 0.6) is 0 Å². The van der Waals surface area contributed by atoms with Crippen molar-refractivity contribution in [3.05, 3.63) is 54.4 Å². The summed E-state index contributed by atoms with van der Waals surface area (Å²) in [6.07, 6.45) is 6.98. The van der Waals surface area contributed by atoms with Gasteiger partial charge in [-0.3, -0.25) is 9.78 Å². The minimum absolute atomic E-state index is 0.102. The van der Waals surface area contributed by atoms with Crippen LogP contribution in [0.2, 0.25) is 0 Å². The second-order valence-electron chi connectivity index (χ2n) is 6.51. The predicted molar refractivity (Wildman–Crippen MR) is 90.1 cm³/mol. The van der Waals surface area contributed by atoms with E-state index in [-0.39, 0.29) is 5.91 Å². The van der Waals surface area contributed by atoms with Gasteiger partial charge in [0.2, 0.25) is 0 Å². The fraction of sp³-hybridized carbons (Fsp3) is 0.368. The van der Waals surface area contributed by atoms with Crippen LogP contribution in [0.3, 0.4) is 0 Å². The zero-order chi connectivity index (χ0) is 15.6. The lowest BCUT2D eigenvalue weighted by Crippen LogP contribution is -2.39. The Morgan fingerprint density at radius 1 is 1.04 bits per heavy atom. The molecule has 4 heteroatoms. The molecule has 2 aliphatic rings. The van der Waals surface area contributed by atoms with Gasteiger partial charge >= 0.3 is 0 Å². The fourth-order valence-electron chi connectivity index (χ4n) is 3.66. The minimum Gasteiger partial charge on any atom is -0.337 e. The molecular formula is C19H21N3O. The van der Waals surface area contributed by atoms with Gasteiger partial charge in [0.15, 0.2) is 0 Å². The summed E-state index contributed by atoms with van der Waals surface area (Å²) in [7, 11) is 0. The molecule has 0 saturated carbocycles. The summed E-state index contributed by atoms with van der Waals surface area (Å²) >= 11 is 0. The smallest absolute Gasteiger partial charge is 0.255 e. The van der Waals surface area contributed by atoms with Crippen molar-refractivity contribution in [3.8, 4) is 11.1 Å².